The molecule has 146 valence electrons. The highest BCUT2D eigenvalue weighted by Crippen LogP contribution is 2.31. The van der Waals surface area contributed by atoms with Crippen molar-refractivity contribution in [1.82, 2.24) is 24.8 Å². The molecule has 4 heterocycles. The zero-order valence-electron chi connectivity index (χ0n) is 16.3. The van der Waals surface area contributed by atoms with Crippen molar-refractivity contribution in [2.24, 2.45) is 7.05 Å². The van der Waals surface area contributed by atoms with Crippen molar-refractivity contribution in [1.29, 1.82) is 0 Å². The maximum Gasteiger partial charge on any atom is 0.272 e. The van der Waals surface area contributed by atoms with Crippen LogP contribution in [0.4, 0.5) is 11.6 Å². The number of hydrogen-bond donors (Lipinski definition) is 1. The normalized spacial score (nSPS) is 14.3. The molecular formula is C21H21N7O. The maximum absolute atomic E-state index is 13.5. The van der Waals surface area contributed by atoms with Gasteiger partial charge in [-0.15, -0.1) is 0 Å². The number of aryl methyl sites for hydroxylation is 2. The molecule has 5 rings (SSSR count). The van der Waals surface area contributed by atoms with E-state index in [1.165, 1.54) is 0 Å². The Morgan fingerprint density at radius 2 is 2.03 bits per heavy atom. The number of aromatic nitrogens is 4. The van der Waals surface area contributed by atoms with Crippen LogP contribution in [0.5, 0.6) is 0 Å². The molecule has 0 spiro atoms. The summed E-state index contributed by atoms with van der Waals surface area (Å²) in [7, 11) is 1.87. The Labute approximate surface area is 167 Å². The first kappa shape index (κ1) is 17.4. The largest absolute Gasteiger partial charge is 0.383 e. The van der Waals surface area contributed by atoms with Gasteiger partial charge in [0.1, 0.15) is 11.6 Å². The van der Waals surface area contributed by atoms with Gasteiger partial charge in [0.15, 0.2) is 0 Å². The summed E-state index contributed by atoms with van der Waals surface area (Å²) in [4.78, 5) is 22.4. The Kier molecular flexibility index (Phi) is 3.87. The Hall–Kier alpha value is -3.68. The summed E-state index contributed by atoms with van der Waals surface area (Å²) >= 11 is 0. The van der Waals surface area contributed by atoms with Crippen molar-refractivity contribution >= 4 is 39.3 Å². The molecule has 1 amide bonds. The highest BCUT2D eigenvalue weighted by molar-refractivity contribution is 6.10. The Bertz CT molecular complexity index is 1250. The predicted octanol–water partition coefficient (Wildman–Crippen LogP) is 2.67. The van der Waals surface area contributed by atoms with Crippen LogP contribution in [-0.2, 0) is 7.05 Å². The molecule has 1 aliphatic heterocycles. The van der Waals surface area contributed by atoms with Crippen molar-refractivity contribution in [2.75, 3.05) is 23.8 Å². The number of anilines is 2. The van der Waals surface area contributed by atoms with Crippen LogP contribution in [0.2, 0.25) is 0 Å². The average molecular weight is 387 g/mol. The molecule has 0 atom stereocenters. The molecule has 0 aliphatic carbocycles. The average Bonchev–Trinajstić information content (AvgIpc) is 3.36. The molecule has 0 unspecified atom stereocenters. The summed E-state index contributed by atoms with van der Waals surface area (Å²) in [6, 6.07) is 9.56. The van der Waals surface area contributed by atoms with E-state index >= 15 is 0 Å². The van der Waals surface area contributed by atoms with Gasteiger partial charge in [0.05, 0.1) is 22.6 Å². The van der Waals surface area contributed by atoms with Gasteiger partial charge in [0.25, 0.3) is 5.91 Å². The van der Waals surface area contributed by atoms with E-state index in [-0.39, 0.29) is 5.91 Å². The van der Waals surface area contributed by atoms with Crippen LogP contribution in [0.25, 0.3) is 21.8 Å². The number of fused-ring (bicyclic) bond motifs is 3. The minimum absolute atomic E-state index is 0.0419. The summed E-state index contributed by atoms with van der Waals surface area (Å²) < 4.78 is 1.77. The quantitative estimate of drug-likeness (QED) is 0.568. The number of benzene rings is 1. The van der Waals surface area contributed by atoms with Crippen LogP contribution >= 0.6 is 0 Å². The van der Waals surface area contributed by atoms with E-state index < -0.39 is 0 Å². The number of hydrazine groups is 1. The van der Waals surface area contributed by atoms with E-state index in [0.717, 1.165) is 46.2 Å². The van der Waals surface area contributed by atoms with Crippen LogP contribution in [0.15, 0.2) is 42.7 Å². The van der Waals surface area contributed by atoms with Gasteiger partial charge >= 0.3 is 0 Å². The number of nitrogen functional groups attached to an aromatic ring is 1. The Morgan fingerprint density at radius 1 is 1.17 bits per heavy atom. The molecule has 1 aromatic carbocycles. The fourth-order valence-electron chi connectivity index (χ4n) is 4.05. The minimum atomic E-state index is -0.0419. The van der Waals surface area contributed by atoms with Gasteiger partial charge in [-0.05, 0) is 43.2 Å². The molecule has 1 fully saturated rings. The van der Waals surface area contributed by atoms with Crippen LogP contribution in [0.3, 0.4) is 0 Å². The second kappa shape index (κ2) is 6.44. The van der Waals surface area contributed by atoms with Crippen molar-refractivity contribution in [2.45, 2.75) is 13.3 Å². The molecule has 0 radical (unpaired) electrons. The zero-order chi connectivity index (χ0) is 20.1. The van der Waals surface area contributed by atoms with Crippen LogP contribution in [0.1, 0.15) is 22.3 Å². The van der Waals surface area contributed by atoms with Gasteiger partial charge in [-0.25, -0.2) is 15.0 Å². The summed E-state index contributed by atoms with van der Waals surface area (Å²) in [5.74, 6) is 1.18. The van der Waals surface area contributed by atoms with Crippen LogP contribution in [-0.4, -0.2) is 43.8 Å². The number of carbonyl (C=O) groups is 1. The molecule has 2 N–H and O–H groups in total. The molecule has 1 saturated heterocycles. The second-order valence-electron chi connectivity index (χ2n) is 7.30. The Morgan fingerprint density at radius 3 is 2.83 bits per heavy atom. The lowest BCUT2D eigenvalue weighted by Crippen LogP contribution is -2.42. The maximum atomic E-state index is 13.5. The molecular weight excluding hydrogens is 366 g/mol. The van der Waals surface area contributed by atoms with Gasteiger partial charge in [-0.3, -0.25) is 14.5 Å². The van der Waals surface area contributed by atoms with E-state index in [1.807, 2.05) is 49.3 Å². The lowest BCUT2D eigenvalue weighted by atomic mass is 10.0. The first-order chi connectivity index (χ1) is 14.0. The van der Waals surface area contributed by atoms with Gasteiger partial charge in [-0.1, -0.05) is 6.07 Å². The van der Waals surface area contributed by atoms with Crippen molar-refractivity contribution in [3.05, 3.63) is 53.9 Å². The van der Waals surface area contributed by atoms with E-state index in [4.69, 9.17) is 5.73 Å². The smallest absolute Gasteiger partial charge is 0.272 e. The molecule has 29 heavy (non-hydrogen) atoms. The third-order valence-electron chi connectivity index (χ3n) is 5.46. The SMILES string of the molecule is Cc1cc2nc(N)c3cnn(C)c3c2cc1C(=O)N1CCCN1c1ccccn1. The van der Waals surface area contributed by atoms with Gasteiger partial charge in [-0.2, -0.15) is 5.10 Å². The number of carbonyl (C=O) groups excluding carboxylic acids is 1. The van der Waals surface area contributed by atoms with E-state index in [1.54, 1.807) is 22.1 Å². The van der Waals surface area contributed by atoms with Crippen LogP contribution in [0, 0.1) is 6.92 Å². The fraction of sp³-hybridized carbons (Fsp3) is 0.238. The molecule has 8 heteroatoms. The monoisotopic (exact) mass is 387 g/mol. The third kappa shape index (κ3) is 2.67. The zero-order valence-corrected chi connectivity index (χ0v) is 16.3. The molecule has 4 aromatic rings. The fourth-order valence-corrected chi connectivity index (χ4v) is 4.05. The van der Waals surface area contributed by atoms with Crippen LogP contribution < -0.4 is 10.7 Å². The Balaban J connectivity index is 1.63. The van der Waals surface area contributed by atoms with Gasteiger partial charge in [0.2, 0.25) is 0 Å². The number of amides is 1. The first-order valence-corrected chi connectivity index (χ1v) is 9.56. The number of nitrogens with two attached hydrogens (primary N) is 1. The highest BCUT2D eigenvalue weighted by Gasteiger charge is 2.30. The standard InChI is InChI=1S/C21H21N7O/c1-13-10-17-15(19-16(20(22)25-17)12-24-26(19)2)11-14(13)21(29)28-9-5-8-27(28)18-6-3-4-7-23-18/h3-4,6-7,10-12H,5,8-9H2,1-2H3,(H2,22,25). The van der Waals surface area contributed by atoms with Gasteiger partial charge in [0, 0.05) is 37.3 Å². The number of rotatable bonds is 2. The summed E-state index contributed by atoms with van der Waals surface area (Å²) in [6.45, 7) is 3.35. The molecule has 8 nitrogen and oxygen atoms in total. The topological polar surface area (TPSA) is 93.2 Å². The predicted molar refractivity (Wildman–Crippen MR) is 112 cm³/mol. The van der Waals surface area contributed by atoms with Gasteiger partial charge < -0.3 is 5.73 Å². The van der Waals surface area contributed by atoms with Crippen molar-refractivity contribution in [3.8, 4) is 0 Å². The molecule has 0 bridgehead atoms. The third-order valence-corrected chi connectivity index (χ3v) is 5.46. The highest BCUT2D eigenvalue weighted by atomic mass is 16.2. The van der Waals surface area contributed by atoms with E-state index in [0.29, 0.717) is 17.9 Å². The van der Waals surface area contributed by atoms with E-state index in [9.17, 15) is 4.79 Å². The lowest BCUT2D eigenvalue weighted by Gasteiger charge is -2.29. The number of nitrogens with zero attached hydrogens (tertiary/aromatic N) is 6. The molecule has 3 aromatic heterocycles. The first-order valence-electron chi connectivity index (χ1n) is 9.56. The summed E-state index contributed by atoms with van der Waals surface area (Å²) in [5, 5.41) is 9.71. The molecule has 1 aliphatic rings. The van der Waals surface area contributed by atoms with E-state index in [2.05, 4.69) is 15.1 Å². The lowest BCUT2D eigenvalue weighted by molar-refractivity contribution is 0.0774. The summed E-state index contributed by atoms with van der Waals surface area (Å²) in [5.41, 5.74) is 9.26. The van der Waals surface area contributed by atoms with Crippen molar-refractivity contribution < 1.29 is 4.79 Å². The summed E-state index contributed by atoms with van der Waals surface area (Å²) in [6.07, 6.45) is 4.35. The van der Waals surface area contributed by atoms with Crippen molar-refractivity contribution in [3.63, 3.8) is 0 Å². The number of pyridine rings is 2. The minimum Gasteiger partial charge on any atom is -0.383 e. The second-order valence-corrected chi connectivity index (χ2v) is 7.30. The molecule has 0 saturated carbocycles. The number of hydrogen-bond acceptors (Lipinski definition) is 6.